The second-order valence-electron chi connectivity index (χ2n) is 7.89. The van der Waals surface area contributed by atoms with Crippen molar-refractivity contribution in [1.82, 2.24) is 0 Å². The summed E-state index contributed by atoms with van der Waals surface area (Å²) >= 11 is 0. The SMILES string of the molecule is [O-]c1ccc(C2=CC3=CC=C4C=C([n+]5ccccc5)C=C5C=CC(=C2)C3C45)cc1. The van der Waals surface area contributed by atoms with Crippen LogP contribution in [0.25, 0.3) is 11.3 Å². The molecule has 2 unspecified atom stereocenters. The summed E-state index contributed by atoms with van der Waals surface area (Å²) in [4.78, 5) is 0. The molecular formula is C27H19NO. The third-order valence-electron chi connectivity index (χ3n) is 6.18. The largest absolute Gasteiger partial charge is 0.872 e. The van der Waals surface area contributed by atoms with E-state index < -0.39 is 0 Å². The van der Waals surface area contributed by atoms with Gasteiger partial charge >= 0.3 is 0 Å². The molecule has 2 nitrogen and oxygen atoms in total. The molecule has 0 saturated heterocycles. The highest BCUT2D eigenvalue weighted by atomic mass is 16.3. The normalized spacial score (nSPS) is 23.7. The first-order valence-corrected chi connectivity index (χ1v) is 9.97. The summed E-state index contributed by atoms with van der Waals surface area (Å²) < 4.78 is 2.17. The molecule has 1 heterocycles. The third-order valence-corrected chi connectivity index (χ3v) is 6.18. The van der Waals surface area contributed by atoms with Gasteiger partial charge in [0.05, 0.1) is 0 Å². The smallest absolute Gasteiger partial charge is 0.211 e. The number of allylic oxidation sites excluding steroid dienone is 14. The first-order chi connectivity index (χ1) is 14.3. The zero-order valence-electron chi connectivity index (χ0n) is 15.8. The minimum absolute atomic E-state index is 0.0496. The van der Waals surface area contributed by atoms with Crippen LogP contribution in [-0.2, 0) is 0 Å². The van der Waals surface area contributed by atoms with Crippen molar-refractivity contribution < 1.29 is 9.67 Å². The molecule has 0 fully saturated rings. The molecule has 0 aliphatic heterocycles. The molecule has 0 N–H and O–H groups in total. The van der Waals surface area contributed by atoms with E-state index in [1.165, 1.54) is 33.6 Å². The van der Waals surface area contributed by atoms with Crippen molar-refractivity contribution in [3.63, 3.8) is 0 Å². The number of hydrogen-bond donors (Lipinski definition) is 0. The summed E-state index contributed by atoms with van der Waals surface area (Å²) in [5.41, 5.74) is 8.88. The molecule has 138 valence electrons. The minimum atomic E-state index is 0.0496. The van der Waals surface area contributed by atoms with Crippen LogP contribution in [0.4, 0.5) is 0 Å². The van der Waals surface area contributed by atoms with Gasteiger partial charge in [-0.25, -0.2) is 0 Å². The average molecular weight is 373 g/mol. The molecular weight excluding hydrogens is 354 g/mol. The zero-order chi connectivity index (χ0) is 19.4. The fourth-order valence-electron chi connectivity index (χ4n) is 4.82. The minimum Gasteiger partial charge on any atom is -0.872 e. The fraction of sp³-hybridized carbons (Fsp3) is 0.0741. The first kappa shape index (κ1) is 16.3. The maximum atomic E-state index is 11.5. The molecule has 4 aliphatic carbocycles. The lowest BCUT2D eigenvalue weighted by Crippen LogP contribution is -2.35. The van der Waals surface area contributed by atoms with Crippen molar-refractivity contribution in [3.8, 4) is 5.75 Å². The van der Waals surface area contributed by atoms with Gasteiger partial charge in [0, 0.05) is 36.1 Å². The van der Waals surface area contributed by atoms with Crippen molar-refractivity contribution in [2.75, 3.05) is 0 Å². The van der Waals surface area contributed by atoms with Crippen molar-refractivity contribution >= 4 is 11.3 Å². The molecule has 0 bridgehead atoms. The molecule has 6 rings (SSSR count). The molecule has 2 aromatic rings. The van der Waals surface area contributed by atoms with Gasteiger partial charge in [-0.15, -0.1) is 5.75 Å². The molecule has 0 saturated carbocycles. The molecule has 0 radical (unpaired) electrons. The van der Waals surface area contributed by atoms with Gasteiger partial charge in [0.2, 0.25) is 5.70 Å². The van der Waals surface area contributed by atoms with Crippen LogP contribution < -0.4 is 9.67 Å². The highest BCUT2D eigenvalue weighted by Crippen LogP contribution is 2.50. The molecule has 2 atom stereocenters. The maximum absolute atomic E-state index is 11.5. The number of rotatable bonds is 2. The van der Waals surface area contributed by atoms with Gasteiger partial charge < -0.3 is 5.11 Å². The average Bonchev–Trinajstić information content (AvgIpc) is 2.78. The van der Waals surface area contributed by atoms with Gasteiger partial charge in [-0.1, -0.05) is 66.8 Å². The summed E-state index contributed by atoms with van der Waals surface area (Å²) in [7, 11) is 0. The quantitative estimate of drug-likeness (QED) is 0.711. The van der Waals surface area contributed by atoms with Crippen molar-refractivity contribution in [2.45, 2.75) is 0 Å². The van der Waals surface area contributed by atoms with E-state index in [-0.39, 0.29) is 5.75 Å². The van der Waals surface area contributed by atoms with E-state index >= 15 is 0 Å². The van der Waals surface area contributed by atoms with Gasteiger partial charge in [-0.05, 0) is 33.4 Å². The van der Waals surface area contributed by atoms with Crippen molar-refractivity contribution in [2.24, 2.45) is 11.8 Å². The summed E-state index contributed by atoms with van der Waals surface area (Å²) in [5, 5.41) is 11.5. The molecule has 0 amide bonds. The standard InChI is InChI=1S/C27H19NO/c29-25-10-8-18(9-11-25)23-14-19-4-6-21-16-24(28-12-2-1-3-13-28)17-22-7-5-20(15-23)26(19)27(21)22/h1-17,26-27H. The molecule has 1 aromatic carbocycles. The number of pyridine rings is 1. The van der Waals surface area contributed by atoms with Crippen LogP contribution >= 0.6 is 0 Å². The lowest BCUT2D eigenvalue weighted by Gasteiger charge is -2.40. The Balaban J connectivity index is 1.47. The number of benzene rings is 1. The predicted molar refractivity (Wildman–Crippen MR) is 113 cm³/mol. The molecule has 2 heteroatoms. The molecule has 1 aromatic heterocycles. The Labute approximate surface area is 170 Å². The zero-order valence-corrected chi connectivity index (χ0v) is 15.8. The molecule has 0 spiro atoms. The van der Waals surface area contributed by atoms with E-state index in [9.17, 15) is 5.11 Å². The Kier molecular flexibility index (Phi) is 3.48. The van der Waals surface area contributed by atoms with Crippen LogP contribution in [0.1, 0.15) is 5.56 Å². The Hall–Kier alpha value is -3.65. The van der Waals surface area contributed by atoms with E-state index in [4.69, 9.17) is 0 Å². The number of nitrogens with zero attached hydrogens (tertiary/aromatic N) is 1. The second-order valence-corrected chi connectivity index (χ2v) is 7.89. The summed E-state index contributed by atoms with van der Waals surface area (Å²) in [6.07, 6.45) is 22.4. The lowest BCUT2D eigenvalue weighted by atomic mass is 9.63. The number of aromatic nitrogens is 1. The van der Waals surface area contributed by atoms with Crippen LogP contribution in [0.15, 0.2) is 126 Å². The highest BCUT2D eigenvalue weighted by Gasteiger charge is 2.39. The fourth-order valence-corrected chi connectivity index (χ4v) is 4.82. The lowest BCUT2D eigenvalue weighted by molar-refractivity contribution is -0.578. The highest BCUT2D eigenvalue weighted by molar-refractivity contribution is 5.82. The van der Waals surface area contributed by atoms with Gasteiger partial charge in [0.1, 0.15) is 0 Å². The molecule has 29 heavy (non-hydrogen) atoms. The van der Waals surface area contributed by atoms with Crippen LogP contribution in [0, 0.1) is 11.8 Å². The monoisotopic (exact) mass is 373 g/mol. The Morgan fingerprint density at radius 1 is 0.655 bits per heavy atom. The van der Waals surface area contributed by atoms with Gasteiger partial charge in [0.15, 0.2) is 12.4 Å². The third kappa shape index (κ3) is 2.60. The summed E-state index contributed by atoms with van der Waals surface area (Å²) in [6.45, 7) is 0. The van der Waals surface area contributed by atoms with E-state index in [2.05, 4.69) is 77.7 Å². The van der Waals surface area contributed by atoms with E-state index in [1.54, 1.807) is 12.1 Å². The van der Waals surface area contributed by atoms with Crippen LogP contribution in [0.3, 0.4) is 0 Å². The van der Waals surface area contributed by atoms with E-state index in [1.807, 2.05) is 18.2 Å². The summed E-state index contributed by atoms with van der Waals surface area (Å²) in [5.74, 6) is 0.794. The second kappa shape index (κ2) is 6.18. The Morgan fingerprint density at radius 2 is 1.31 bits per heavy atom. The Bertz CT molecular complexity index is 1230. The Morgan fingerprint density at radius 3 is 2.03 bits per heavy atom. The first-order valence-electron chi connectivity index (χ1n) is 9.97. The van der Waals surface area contributed by atoms with Crippen molar-refractivity contribution in [3.05, 3.63) is 131 Å². The van der Waals surface area contributed by atoms with Gasteiger partial charge in [0.25, 0.3) is 0 Å². The van der Waals surface area contributed by atoms with Gasteiger partial charge in [-0.2, -0.15) is 4.57 Å². The van der Waals surface area contributed by atoms with E-state index in [0.717, 1.165) is 5.56 Å². The predicted octanol–water partition coefficient (Wildman–Crippen LogP) is 4.52. The number of hydrogen-bond acceptors (Lipinski definition) is 1. The maximum Gasteiger partial charge on any atom is 0.211 e. The van der Waals surface area contributed by atoms with Crippen LogP contribution in [0.5, 0.6) is 5.75 Å². The van der Waals surface area contributed by atoms with Crippen LogP contribution in [-0.4, -0.2) is 0 Å². The topological polar surface area (TPSA) is 26.9 Å². The van der Waals surface area contributed by atoms with E-state index in [0.29, 0.717) is 11.8 Å². The molecule has 4 aliphatic rings. The van der Waals surface area contributed by atoms with Crippen molar-refractivity contribution in [1.29, 1.82) is 0 Å². The van der Waals surface area contributed by atoms with Crippen LogP contribution in [0.2, 0.25) is 0 Å². The summed E-state index contributed by atoms with van der Waals surface area (Å²) in [6, 6.07) is 13.3. The van der Waals surface area contributed by atoms with Gasteiger partial charge in [-0.3, -0.25) is 0 Å².